The molecular formula is C40H37Cl2N3O9S2. The summed E-state index contributed by atoms with van der Waals surface area (Å²) in [5.74, 6) is -2.64. The molecule has 16 heteroatoms. The first-order valence-corrected chi connectivity index (χ1v) is 20.9. The van der Waals surface area contributed by atoms with E-state index in [9.17, 15) is 31.5 Å². The number of carboxylic acid groups (broad SMARTS) is 1. The van der Waals surface area contributed by atoms with E-state index in [-0.39, 0.29) is 38.6 Å². The first kappa shape index (κ1) is 40.4. The molecule has 2 unspecified atom stereocenters. The molecule has 1 amide bonds. The molecule has 0 aromatic heterocycles. The van der Waals surface area contributed by atoms with Crippen molar-refractivity contribution in [3.05, 3.63) is 142 Å². The second-order valence-corrected chi connectivity index (χ2v) is 17.2. The number of sulfonamides is 2. The number of carbonyl (C=O) groups excluding carboxylic acids is 1. The number of aliphatic carboxylic acids is 1. The lowest BCUT2D eigenvalue weighted by molar-refractivity contribution is -0.138. The number of carboxylic acids is 1. The van der Waals surface area contributed by atoms with E-state index < -0.39 is 55.2 Å². The van der Waals surface area contributed by atoms with Crippen LogP contribution in [-0.2, 0) is 29.6 Å². The summed E-state index contributed by atoms with van der Waals surface area (Å²) in [4.78, 5) is 28.3. The van der Waals surface area contributed by atoms with E-state index in [0.29, 0.717) is 28.7 Å². The molecule has 1 aliphatic rings. The van der Waals surface area contributed by atoms with E-state index in [1.54, 1.807) is 11.0 Å². The average molecular weight is 839 g/mol. The number of rotatable bonds is 14. The van der Waals surface area contributed by atoms with Gasteiger partial charge in [0, 0.05) is 22.2 Å². The summed E-state index contributed by atoms with van der Waals surface area (Å²) < 4.78 is 71.8. The first-order valence-electron chi connectivity index (χ1n) is 17.2. The fraction of sp³-hybridized carbons (Fsp3) is 0.200. The number of hydrogen-bond acceptors (Lipinski definition) is 8. The quantitative estimate of drug-likeness (QED) is 0.119. The van der Waals surface area contributed by atoms with Gasteiger partial charge < -0.3 is 19.5 Å². The maximum atomic E-state index is 15.0. The van der Waals surface area contributed by atoms with E-state index in [1.807, 2.05) is 30.3 Å². The zero-order valence-corrected chi connectivity index (χ0v) is 33.3. The van der Waals surface area contributed by atoms with Gasteiger partial charge in [0.25, 0.3) is 20.0 Å². The van der Waals surface area contributed by atoms with Crippen molar-refractivity contribution in [2.75, 3.05) is 35.9 Å². The number of benzene rings is 5. The molecule has 1 saturated heterocycles. The van der Waals surface area contributed by atoms with Gasteiger partial charge >= 0.3 is 5.97 Å². The Bertz CT molecular complexity index is 2440. The highest BCUT2D eigenvalue weighted by atomic mass is 35.5. The number of anilines is 2. The van der Waals surface area contributed by atoms with Crippen LogP contribution in [0, 0.1) is 0 Å². The normalized spacial score (nSPS) is 14.9. The van der Waals surface area contributed by atoms with Crippen LogP contribution in [-0.4, -0.2) is 66.0 Å². The van der Waals surface area contributed by atoms with Crippen LogP contribution < -0.4 is 18.1 Å². The van der Waals surface area contributed by atoms with Gasteiger partial charge in [-0.15, -0.1) is 0 Å². The van der Waals surface area contributed by atoms with Crippen molar-refractivity contribution in [2.45, 2.75) is 34.7 Å². The first-order chi connectivity index (χ1) is 26.8. The fourth-order valence-electron chi connectivity index (χ4n) is 6.82. The summed E-state index contributed by atoms with van der Waals surface area (Å²) >= 11 is 12.3. The molecule has 1 fully saturated rings. The Morgan fingerprint density at radius 3 is 1.95 bits per heavy atom. The highest BCUT2D eigenvalue weighted by molar-refractivity contribution is 7.93. The predicted octanol–water partition coefficient (Wildman–Crippen LogP) is 7.59. The van der Waals surface area contributed by atoms with Gasteiger partial charge in [0.05, 0.1) is 31.6 Å². The summed E-state index contributed by atoms with van der Waals surface area (Å²) in [7, 11) is -7.14. The lowest BCUT2D eigenvalue weighted by Gasteiger charge is -2.33. The topological polar surface area (TPSA) is 151 Å². The van der Waals surface area contributed by atoms with E-state index in [2.05, 4.69) is 0 Å². The number of halogens is 2. The molecule has 56 heavy (non-hydrogen) atoms. The highest BCUT2D eigenvalue weighted by Crippen LogP contribution is 2.43. The van der Waals surface area contributed by atoms with Crippen molar-refractivity contribution in [1.82, 2.24) is 4.90 Å². The summed E-state index contributed by atoms with van der Waals surface area (Å²) in [6.45, 7) is -0.213. The van der Waals surface area contributed by atoms with Crippen LogP contribution in [0.5, 0.6) is 11.5 Å². The molecule has 0 saturated carbocycles. The molecule has 12 nitrogen and oxygen atoms in total. The Hall–Kier alpha value is -5.28. The zero-order chi connectivity index (χ0) is 40.2. The summed E-state index contributed by atoms with van der Waals surface area (Å²) in [6, 6.07) is 27.8. The van der Waals surface area contributed by atoms with Crippen molar-refractivity contribution in [2.24, 2.45) is 0 Å². The number of hydrogen-bond donors (Lipinski definition) is 1. The Morgan fingerprint density at radius 2 is 1.34 bits per heavy atom. The molecular weight excluding hydrogens is 801 g/mol. The number of likely N-dealkylation sites (tertiary alicyclic amines) is 1. The van der Waals surface area contributed by atoms with E-state index in [4.69, 9.17) is 32.7 Å². The third-order valence-corrected chi connectivity index (χ3v) is 13.5. The van der Waals surface area contributed by atoms with Crippen molar-refractivity contribution in [3.63, 3.8) is 0 Å². The molecule has 292 valence electrons. The van der Waals surface area contributed by atoms with Crippen LogP contribution in [0.1, 0.15) is 36.1 Å². The smallest absolute Gasteiger partial charge is 0.332 e. The highest BCUT2D eigenvalue weighted by Gasteiger charge is 2.43. The molecule has 5 aromatic rings. The Morgan fingerprint density at radius 1 is 0.750 bits per heavy atom. The molecule has 6 rings (SSSR count). The third kappa shape index (κ3) is 8.01. The predicted molar refractivity (Wildman–Crippen MR) is 214 cm³/mol. The van der Waals surface area contributed by atoms with E-state index >= 15 is 0 Å². The zero-order valence-electron chi connectivity index (χ0n) is 30.2. The second kappa shape index (κ2) is 16.8. The van der Waals surface area contributed by atoms with Crippen molar-refractivity contribution >= 4 is 66.5 Å². The molecule has 0 radical (unpaired) electrons. The van der Waals surface area contributed by atoms with Gasteiger partial charge in [0.15, 0.2) is 6.04 Å². The van der Waals surface area contributed by atoms with Crippen LogP contribution >= 0.6 is 23.2 Å². The van der Waals surface area contributed by atoms with Gasteiger partial charge in [-0.1, -0.05) is 77.8 Å². The third-order valence-electron chi connectivity index (χ3n) is 9.38. The Balaban J connectivity index is 1.50. The fourth-order valence-corrected chi connectivity index (χ4v) is 10.4. The Labute approximate surface area is 335 Å². The molecule has 5 aromatic carbocycles. The number of nitrogens with zero attached hydrogens (tertiary/aromatic N) is 3. The summed E-state index contributed by atoms with van der Waals surface area (Å²) in [5.41, 5.74) is 0.596. The minimum absolute atomic E-state index is 0.0605. The van der Waals surface area contributed by atoms with Gasteiger partial charge in [-0.25, -0.2) is 25.9 Å². The maximum Gasteiger partial charge on any atom is 0.332 e. The van der Waals surface area contributed by atoms with Crippen LogP contribution in [0.25, 0.3) is 0 Å². The van der Waals surface area contributed by atoms with E-state index in [1.165, 1.54) is 92.0 Å². The molecule has 1 N–H and O–H groups in total. The molecule has 0 bridgehead atoms. The Kier molecular flexibility index (Phi) is 12.1. The van der Waals surface area contributed by atoms with Gasteiger partial charge in [-0.05, 0) is 85.1 Å². The number of para-hydroxylation sites is 2. The van der Waals surface area contributed by atoms with Gasteiger partial charge in [0.2, 0.25) is 5.91 Å². The molecule has 1 aliphatic heterocycles. The minimum atomic E-state index is -4.79. The summed E-state index contributed by atoms with van der Waals surface area (Å²) in [5, 5.41) is 11.5. The number of amides is 1. The monoisotopic (exact) mass is 837 g/mol. The molecule has 2 atom stereocenters. The SMILES string of the molecule is COc1ccccc1S(=O)(=O)N(c1ccc(Cl)cc1)C(C(=O)O)c1cccc(S(=O)(=O)N(CC(=O)N2CCCC2c2ccccc2)c2ccc(Cl)cc2)c1OC. The second-order valence-electron chi connectivity index (χ2n) is 12.7. The number of ether oxygens (including phenoxy) is 2. The standard InChI is InChI=1S/C40H37Cl2N3O9S2/c1-53-34-14-6-7-15-35(34)56(51,52)45(31-23-19-29(42)20-24-31)38(40(47)48)32-12-8-16-36(39(32)54-2)55(49,50)44(30-21-17-28(41)18-22-30)26-37(46)43-25-9-13-33(43)27-10-4-3-5-11-27/h3-8,10-12,14-24,33,38H,9,13,25-26H2,1-2H3,(H,47,48). The number of carbonyl (C=O) groups is 2. The van der Waals surface area contributed by atoms with Crippen LogP contribution in [0.15, 0.2) is 131 Å². The van der Waals surface area contributed by atoms with Crippen LogP contribution in [0.2, 0.25) is 10.0 Å². The largest absolute Gasteiger partial charge is 0.495 e. The molecule has 0 aliphatic carbocycles. The van der Waals surface area contributed by atoms with Gasteiger partial charge in [-0.2, -0.15) is 0 Å². The minimum Gasteiger partial charge on any atom is -0.495 e. The van der Waals surface area contributed by atoms with Crippen molar-refractivity contribution in [1.29, 1.82) is 0 Å². The van der Waals surface area contributed by atoms with Gasteiger partial charge in [-0.3, -0.25) is 9.10 Å². The van der Waals surface area contributed by atoms with E-state index in [0.717, 1.165) is 17.0 Å². The number of methoxy groups -OCH3 is 2. The lowest BCUT2D eigenvalue weighted by Crippen LogP contribution is -2.43. The molecule has 0 spiro atoms. The molecule has 1 heterocycles. The van der Waals surface area contributed by atoms with Crippen LogP contribution in [0.4, 0.5) is 11.4 Å². The van der Waals surface area contributed by atoms with Crippen LogP contribution in [0.3, 0.4) is 0 Å². The maximum absolute atomic E-state index is 15.0. The van der Waals surface area contributed by atoms with Crippen molar-refractivity contribution in [3.8, 4) is 11.5 Å². The average Bonchev–Trinajstić information content (AvgIpc) is 3.70. The summed E-state index contributed by atoms with van der Waals surface area (Å²) in [6.07, 6.45) is 1.41. The van der Waals surface area contributed by atoms with Gasteiger partial charge in [0.1, 0.15) is 27.8 Å². The van der Waals surface area contributed by atoms with Crippen molar-refractivity contribution < 1.29 is 41.0 Å². The lowest BCUT2D eigenvalue weighted by atomic mass is 10.0.